The maximum absolute atomic E-state index is 11.2. The lowest BCUT2D eigenvalue weighted by Gasteiger charge is -2.07. The number of carboxylic acids is 1. The second-order valence-corrected chi connectivity index (χ2v) is 3.97. The van der Waals surface area contributed by atoms with Gasteiger partial charge in [-0.25, -0.2) is 9.48 Å². The average molecular weight is 262 g/mol. The minimum atomic E-state index is -1.06. The van der Waals surface area contributed by atoms with E-state index < -0.39 is 5.97 Å². The minimum Gasteiger partial charge on any atom is -0.497 e. The summed E-state index contributed by atoms with van der Waals surface area (Å²) in [6, 6.07) is 6.87. The topological polar surface area (TPSA) is 73.6 Å². The molecule has 6 heteroatoms. The second kappa shape index (κ2) is 5.01. The largest absolute Gasteiger partial charge is 0.497 e. The molecule has 6 nitrogen and oxygen atoms in total. The van der Waals surface area contributed by atoms with Gasteiger partial charge in [0.15, 0.2) is 0 Å². The van der Waals surface area contributed by atoms with Crippen LogP contribution >= 0.6 is 0 Å². The lowest BCUT2D eigenvalue weighted by Crippen LogP contribution is -2.01. The lowest BCUT2D eigenvalue weighted by molar-refractivity contribution is 0.0693. The van der Waals surface area contributed by atoms with Gasteiger partial charge < -0.3 is 14.6 Å². The average Bonchev–Trinajstić information content (AvgIpc) is 2.65. The van der Waals surface area contributed by atoms with Gasteiger partial charge in [-0.15, -0.1) is 0 Å². The van der Waals surface area contributed by atoms with E-state index in [0.29, 0.717) is 17.2 Å². The summed E-state index contributed by atoms with van der Waals surface area (Å²) in [4.78, 5) is 11.2. The van der Waals surface area contributed by atoms with Crippen LogP contribution in [0.3, 0.4) is 0 Å². The Morgan fingerprint density at radius 2 is 1.84 bits per heavy atom. The summed E-state index contributed by atoms with van der Waals surface area (Å²) in [5.74, 6) is 0.363. The molecule has 100 valence electrons. The molecule has 0 saturated carbocycles. The number of rotatable bonds is 4. The molecule has 0 saturated heterocycles. The number of aromatic nitrogens is 2. The van der Waals surface area contributed by atoms with E-state index in [0.717, 1.165) is 0 Å². The zero-order chi connectivity index (χ0) is 14.0. The smallest absolute Gasteiger partial charge is 0.343 e. The van der Waals surface area contributed by atoms with Crippen LogP contribution in [-0.2, 0) is 7.05 Å². The molecule has 0 radical (unpaired) electrons. The van der Waals surface area contributed by atoms with E-state index in [1.165, 1.54) is 4.68 Å². The fourth-order valence-corrected chi connectivity index (χ4v) is 1.76. The molecule has 0 aliphatic carbocycles. The number of nitrogens with zero attached hydrogens (tertiary/aromatic N) is 2. The number of aromatic carboxylic acids is 1. The summed E-state index contributed by atoms with van der Waals surface area (Å²) >= 11 is 0. The predicted octanol–water partition coefficient (Wildman–Crippen LogP) is 2.23. The highest BCUT2D eigenvalue weighted by molar-refractivity contribution is 5.91. The summed E-state index contributed by atoms with van der Waals surface area (Å²) in [7, 11) is 3.21. The molecule has 0 atom stereocenters. The first kappa shape index (κ1) is 12.9. The molecule has 0 amide bonds. The Bertz CT molecular complexity index is 602. The van der Waals surface area contributed by atoms with Gasteiger partial charge in [-0.3, -0.25) is 0 Å². The van der Waals surface area contributed by atoms with Crippen molar-refractivity contribution in [2.45, 2.75) is 6.92 Å². The molecule has 19 heavy (non-hydrogen) atoms. The zero-order valence-electron chi connectivity index (χ0n) is 10.9. The van der Waals surface area contributed by atoms with Gasteiger partial charge in [0.25, 0.3) is 0 Å². The number of hydrogen-bond acceptors (Lipinski definition) is 4. The highest BCUT2D eigenvalue weighted by atomic mass is 16.5. The van der Waals surface area contributed by atoms with Crippen LogP contribution in [0.2, 0.25) is 0 Å². The van der Waals surface area contributed by atoms with Crippen molar-refractivity contribution in [3.05, 3.63) is 35.5 Å². The van der Waals surface area contributed by atoms with Crippen LogP contribution in [0.5, 0.6) is 17.4 Å². The standard InChI is InChI=1S/C13H14N2O4/c1-8-11(13(16)17)12(15(2)14-8)19-10-6-4-9(18-3)5-7-10/h4-7H,1-3H3,(H,16,17). The van der Waals surface area contributed by atoms with Gasteiger partial charge in [-0.1, -0.05) is 0 Å². The molecule has 0 spiro atoms. The summed E-state index contributed by atoms with van der Waals surface area (Å²) in [5.41, 5.74) is 0.483. The maximum atomic E-state index is 11.2. The van der Waals surface area contributed by atoms with Crippen LogP contribution in [-0.4, -0.2) is 28.0 Å². The molecule has 0 fully saturated rings. The summed E-state index contributed by atoms with van der Waals surface area (Å²) in [5, 5.41) is 13.2. The quantitative estimate of drug-likeness (QED) is 0.914. The molecular weight excluding hydrogens is 248 g/mol. The Labute approximate surface area is 110 Å². The van der Waals surface area contributed by atoms with E-state index in [4.69, 9.17) is 14.6 Å². The Balaban J connectivity index is 2.34. The fourth-order valence-electron chi connectivity index (χ4n) is 1.76. The van der Waals surface area contributed by atoms with Gasteiger partial charge in [0.05, 0.1) is 12.8 Å². The van der Waals surface area contributed by atoms with Crippen molar-refractivity contribution in [1.82, 2.24) is 9.78 Å². The van der Waals surface area contributed by atoms with Gasteiger partial charge in [0.2, 0.25) is 5.88 Å². The van der Waals surface area contributed by atoms with Crippen LogP contribution in [0.15, 0.2) is 24.3 Å². The van der Waals surface area contributed by atoms with E-state index in [-0.39, 0.29) is 11.4 Å². The van der Waals surface area contributed by atoms with E-state index >= 15 is 0 Å². The fraction of sp³-hybridized carbons (Fsp3) is 0.231. The van der Waals surface area contributed by atoms with Crippen molar-refractivity contribution in [2.75, 3.05) is 7.11 Å². The van der Waals surface area contributed by atoms with Crippen molar-refractivity contribution in [2.24, 2.45) is 7.05 Å². The molecule has 0 unspecified atom stereocenters. The zero-order valence-corrected chi connectivity index (χ0v) is 10.9. The number of aryl methyl sites for hydroxylation is 2. The number of carbonyl (C=O) groups is 1. The number of hydrogen-bond donors (Lipinski definition) is 1. The summed E-state index contributed by atoms with van der Waals surface area (Å²) in [6.45, 7) is 1.63. The van der Waals surface area contributed by atoms with Gasteiger partial charge in [0.1, 0.15) is 17.1 Å². The molecule has 1 N–H and O–H groups in total. The van der Waals surface area contributed by atoms with Gasteiger partial charge in [-0.05, 0) is 31.2 Å². The van der Waals surface area contributed by atoms with Crippen molar-refractivity contribution in [3.8, 4) is 17.4 Å². The maximum Gasteiger partial charge on any atom is 0.343 e. The second-order valence-electron chi connectivity index (χ2n) is 3.97. The molecular formula is C13H14N2O4. The highest BCUT2D eigenvalue weighted by Crippen LogP contribution is 2.28. The molecule has 2 rings (SSSR count). The van der Waals surface area contributed by atoms with Gasteiger partial charge in [0, 0.05) is 7.05 Å². The first-order valence-electron chi connectivity index (χ1n) is 5.61. The van der Waals surface area contributed by atoms with Crippen LogP contribution in [0, 0.1) is 6.92 Å². The van der Waals surface area contributed by atoms with Crippen molar-refractivity contribution in [1.29, 1.82) is 0 Å². The molecule has 0 aliphatic heterocycles. The third-order valence-corrected chi connectivity index (χ3v) is 2.66. The summed E-state index contributed by atoms with van der Waals surface area (Å²) < 4.78 is 12.0. The van der Waals surface area contributed by atoms with E-state index in [2.05, 4.69) is 5.10 Å². The molecule has 1 aromatic carbocycles. The number of methoxy groups -OCH3 is 1. The lowest BCUT2D eigenvalue weighted by atomic mass is 10.2. The van der Waals surface area contributed by atoms with Crippen LogP contribution < -0.4 is 9.47 Å². The van der Waals surface area contributed by atoms with Crippen molar-refractivity contribution < 1.29 is 19.4 Å². The third kappa shape index (κ3) is 2.52. The number of carboxylic acid groups (broad SMARTS) is 1. The van der Waals surface area contributed by atoms with Crippen LogP contribution in [0.25, 0.3) is 0 Å². The number of ether oxygens (including phenoxy) is 2. The highest BCUT2D eigenvalue weighted by Gasteiger charge is 2.21. The Kier molecular flexibility index (Phi) is 3.41. The monoisotopic (exact) mass is 262 g/mol. The summed E-state index contributed by atoms with van der Waals surface area (Å²) in [6.07, 6.45) is 0. The van der Waals surface area contributed by atoms with E-state index in [1.54, 1.807) is 45.3 Å². The van der Waals surface area contributed by atoms with Crippen LogP contribution in [0.1, 0.15) is 16.1 Å². The molecule has 0 aliphatic rings. The predicted molar refractivity (Wildman–Crippen MR) is 68.0 cm³/mol. The Hall–Kier alpha value is -2.50. The molecule has 0 bridgehead atoms. The molecule has 1 aromatic heterocycles. The van der Waals surface area contributed by atoms with E-state index in [9.17, 15) is 4.79 Å². The Morgan fingerprint density at radius 3 is 2.37 bits per heavy atom. The molecule has 2 aromatic rings. The van der Waals surface area contributed by atoms with Crippen molar-refractivity contribution >= 4 is 5.97 Å². The SMILES string of the molecule is COc1ccc(Oc2c(C(=O)O)c(C)nn2C)cc1. The Morgan fingerprint density at radius 1 is 1.26 bits per heavy atom. The first-order chi connectivity index (χ1) is 9.02. The van der Waals surface area contributed by atoms with Gasteiger partial charge in [-0.2, -0.15) is 5.10 Å². The first-order valence-corrected chi connectivity index (χ1v) is 5.61. The van der Waals surface area contributed by atoms with Crippen LogP contribution in [0.4, 0.5) is 0 Å². The van der Waals surface area contributed by atoms with Gasteiger partial charge >= 0.3 is 5.97 Å². The van der Waals surface area contributed by atoms with Crippen molar-refractivity contribution in [3.63, 3.8) is 0 Å². The normalized spacial score (nSPS) is 10.3. The van der Waals surface area contributed by atoms with E-state index in [1.807, 2.05) is 0 Å². The molecule has 1 heterocycles. The minimum absolute atomic E-state index is 0.0679. The number of benzene rings is 1. The third-order valence-electron chi connectivity index (χ3n) is 2.66.